The number of carbonyl (C=O) groups is 1. The van der Waals surface area contributed by atoms with Gasteiger partial charge >= 0.3 is 13.1 Å². The molecule has 0 radical (unpaired) electrons. The van der Waals surface area contributed by atoms with Gasteiger partial charge in [0.15, 0.2) is 0 Å². The average Bonchev–Trinajstić information content (AvgIpc) is 2.98. The molecule has 2 heterocycles. The molecule has 0 aromatic carbocycles. The normalized spacial score (nSPS) is 21.5. The number of aliphatic carboxylic acids is 1. The highest BCUT2D eigenvalue weighted by atomic mass is 16.7. The van der Waals surface area contributed by atoms with Crippen molar-refractivity contribution in [1.29, 1.82) is 0 Å². The minimum Gasteiger partial charge on any atom is -0.480 e. The van der Waals surface area contributed by atoms with Gasteiger partial charge in [0, 0.05) is 11.8 Å². The molecule has 1 aromatic rings. The molecule has 0 unspecified atom stereocenters. The summed E-state index contributed by atoms with van der Waals surface area (Å²) in [6.45, 7) is 9.08. The van der Waals surface area contributed by atoms with Gasteiger partial charge in [0.25, 0.3) is 0 Å². The molecule has 0 bridgehead atoms. The van der Waals surface area contributed by atoms with Crippen LogP contribution in [0.4, 0.5) is 0 Å². The van der Waals surface area contributed by atoms with Gasteiger partial charge in [-0.25, -0.2) is 4.79 Å². The van der Waals surface area contributed by atoms with Crippen LogP contribution in [0.3, 0.4) is 0 Å². The van der Waals surface area contributed by atoms with Crippen LogP contribution in [0.25, 0.3) is 6.08 Å². The summed E-state index contributed by atoms with van der Waals surface area (Å²) in [5.74, 6) is -0.961. The number of hydrogen-bond acceptors (Lipinski definition) is 5. The molecule has 1 aliphatic heterocycles. The Balaban J connectivity index is 2.22. The van der Waals surface area contributed by atoms with E-state index in [0.717, 1.165) is 0 Å². The molecule has 0 aliphatic carbocycles. The second-order valence-corrected chi connectivity index (χ2v) is 6.73. The van der Waals surface area contributed by atoms with Crippen LogP contribution in [0, 0.1) is 0 Å². The smallest absolute Gasteiger partial charge is 0.480 e. The van der Waals surface area contributed by atoms with Gasteiger partial charge in [0.05, 0.1) is 24.0 Å². The van der Waals surface area contributed by atoms with E-state index < -0.39 is 30.3 Å². The molecule has 1 saturated heterocycles. The molecule has 2 N–H and O–H groups in total. The Hall–Kier alpha value is -1.64. The van der Waals surface area contributed by atoms with Crippen molar-refractivity contribution < 1.29 is 24.3 Å². The van der Waals surface area contributed by atoms with Crippen LogP contribution >= 0.6 is 0 Å². The molecule has 23 heavy (non-hydrogen) atoms. The lowest BCUT2D eigenvalue weighted by atomic mass is 9.78. The van der Waals surface area contributed by atoms with Crippen LogP contribution in [0.2, 0.25) is 0 Å². The maximum atomic E-state index is 11.0. The van der Waals surface area contributed by atoms with Crippen molar-refractivity contribution in [3.63, 3.8) is 0 Å². The zero-order chi connectivity index (χ0) is 17.4. The first-order valence-corrected chi connectivity index (χ1v) is 7.51. The Morgan fingerprint density at radius 3 is 2.43 bits per heavy atom. The molecular formula is C15H23BN2O5. The largest absolute Gasteiger partial charge is 0.492 e. The van der Waals surface area contributed by atoms with E-state index in [4.69, 9.17) is 14.4 Å². The summed E-state index contributed by atoms with van der Waals surface area (Å²) in [5, 5.41) is 22.7. The zero-order valence-electron chi connectivity index (χ0n) is 14.1. The number of aromatic nitrogens is 2. The summed E-state index contributed by atoms with van der Waals surface area (Å²) in [7, 11) is -0.648. The van der Waals surface area contributed by atoms with Crippen LogP contribution in [-0.2, 0) is 14.1 Å². The molecule has 0 saturated carbocycles. The molecule has 0 amide bonds. The molecule has 2 rings (SSSR count). The van der Waals surface area contributed by atoms with Gasteiger partial charge in [-0.15, -0.1) is 0 Å². The van der Waals surface area contributed by atoms with Crippen LogP contribution in [-0.4, -0.2) is 50.9 Å². The van der Waals surface area contributed by atoms with Crippen molar-refractivity contribution in [2.45, 2.75) is 51.9 Å². The van der Waals surface area contributed by atoms with Gasteiger partial charge < -0.3 is 19.5 Å². The number of nitrogens with zero attached hydrogens (tertiary/aromatic N) is 2. The predicted molar refractivity (Wildman–Crippen MR) is 85.7 cm³/mol. The maximum Gasteiger partial charge on any atom is 0.492 e. The van der Waals surface area contributed by atoms with Crippen molar-refractivity contribution in [2.24, 2.45) is 0 Å². The van der Waals surface area contributed by atoms with Crippen molar-refractivity contribution in [3.05, 3.63) is 23.4 Å². The Labute approximate surface area is 136 Å². The number of carboxylic acid groups (broad SMARTS) is 1. The van der Waals surface area contributed by atoms with Gasteiger partial charge in [0.2, 0.25) is 0 Å². The van der Waals surface area contributed by atoms with Crippen molar-refractivity contribution in [3.8, 4) is 0 Å². The van der Waals surface area contributed by atoms with Crippen LogP contribution < -0.4 is 0 Å². The Morgan fingerprint density at radius 1 is 1.39 bits per heavy atom. The summed E-state index contributed by atoms with van der Waals surface area (Å²) in [6.07, 6.45) is 4.86. The van der Waals surface area contributed by atoms with Crippen LogP contribution in [0.1, 0.15) is 46.2 Å². The Bertz CT molecular complexity index is 607. The number of aliphatic hydroxyl groups is 1. The zero-order valence-corrected chi connectivity index (χ0v) is 14.1. The van der Waals surface area contributed by atoms with E-state index in [1.54, 1.807) is 25.4 Å². The first kappa shape index (κ1) is 17.7. The number of rotatable bonds is 5. The maximum absolute atomic E-state index is 11.0. The topological polar surface area (TPSA) is 93.8 Å². The number of hydrogen-bond donors (Lipinski definition) is 2. The van der Waals surface area contributed by atoms with E-state index in [9.17, 15) is 9.90 Å². The molecule has 126 valence electrons. The Kier molecular flexibility index (Phi) is 4.70. The van der Waals surface area contributed by atoms with E-state index in [-0.39, 0.29) is 6.61 Å². The van der Waals surface area contributed by atoms with Crippen LogP contribution in [0.15, 0.2) is 17.9 Å². The van der Waals surface area contributed by atoms with Gasteiger partial charge in [0.1, 0.15) is 6.04 Å². The van der Waals surface area contributed by atoms with E-state index in [1.807, 2.05) is 27.7 Å². The molecular weight excluding hydrogens is 299 g/mol. The Morgan fingerprint density at radius 2 is 1.96 bits per heavy atom. The third-order valence-corrected chi connectivity index (χ3v) is 4.47. The van der Waals surface area contributed by atoms with Crippen molar-refractivity contribution in [2.75, 3.05) is 6.61 Å². The summed E-state index contributed by atoms with van der Waals surface area (Å²) < 4.78 is 13.2. The molecule has 7 nitrogen and oxygen atoms in total. The summed E-state index contributed by atoms with van der Waals surface area (Å²) in [4.78, 5) is 11.0. The molecule has 1 aromatic heterocycles. The quantitative estimate of drug-likeness (QED) is 0.799. The third-order valence-electron chi connectivity index (χ3n) is 4.47. The second-order valence-electron chi connectivity index (χ2n) is 6.73. The molecule has 1 aliphatic rings. The predicted octanol–water partition coefficient (Wildman–Crippen LogP) is 1.54. The summed E-state index contributed by atoms with van der Waals surface area (Å²) >= 11 is 0. The summed E-state index contributed by atoms with van der Waals surface area (Å²) in [6, 6.07) is -0.758. The van der Waals surface area contributed by atoms with Gasteiger partial charge in [-0.05, 0) is 40.1 Å². The van der Waals surface area contributed by atoms with E-state index in [0.29, 0.717) is 11.0 Å². The van der Waals surface area contributed by atoms with Crippen molar-refractivity contribution >= 4 is 19.2 Å². The van der Waals surface area contributed by atoms with Gasteiger partial charge in [-0.2, -0.15) is 5.10 Å². The van der Waals surface area contributed by atoms with E-state index in [2.05, 4.69) is 5.10 Å². The first-order valence-electron chi connectivity index (χ1n) is 7.51. The van der Waals surface area contributed by atoms with E-state index in [1.165, 1.54) is 4.68 Å². The highest BCUT2D eigenvalue weighted by Crippen LogP contribution is 2.38. The van der Waals surface area contributed by atoms with E-state index >= 15 is 0 Å². The summed E-state index contributed by atoms with van der Waals surface area (Å²) in [5.41, 5.74) is 0.255. The lowest BCUT2D eigenvalue weighted by Crippen LogP contribution is -2.41. The first-order chi connectivity index (χ1) is 10.6. The lowest BCUT2D eigenvalue weighted by Gasteiger charge is -2.32. The highest BCUT2D eigenvalue weighted by Gasteiger charge is 2.52. The third kappa shape index (κ3) is 3.49. The monoisotopic (exact) mass is 322 g/mol. The molecule has 1 atom stereocenters. The molecule has 0 spiro atoms. The van der Waals surface area contributed by atoms with Gasteiger partial charge in [-0.3, -0.25) is 4.68 Å². The minimum absolute atomic E-state index is 0.226. The average molecular weight is 322 g/mol. The fraction of sp³-hybridized carbons (Fsp3) is 0.600. The second kappa shape index (κ2) is 6.11. The minimum atomic E-state index is -0.961. The van der Waals surface area contributed by atoms with Gasteiger partial charge in [-0.1, -0.05) is 6.08 Å². The highest BCUT2D eigenvalue weighted by molar-refractivity contribution is 6.55. The standard InChI is InChI=1S/C15H23BN2O5/c1-10(13(20)21)18-8-11(7-17-18)6-12(9-19)16-22-14(2,3)15(4,5)23-16/h6-8,10,19H,9H2,1-5H3,(H,20,21)/t10-/m0/s1. The SMILES string of the molecule is C[C@@H](C(=O)O)n1cc(C=C(CO)B2OC(C)(C)C(C)(C)O2)cn1. The number of aliphatic hydroxyl groups excluding tert-OH is 1. The molecule has 8 heteroatoms. The molecule has 1 fully saturated rings. The fourth-order valence-corrected chi connectivity index (χ4v) is 2.15. The van der Waals surface area contributed by atoms with Crippen LogP contribution in [0.5, 0.6) is 0 Å². The lowest BCUT2D eigenvalue weighted by molar-refractivity contribution is -0.140. The van der Waals surface area contributed by atoms with Crippen molar-refractivity contribution in [1.82, 2.24) is 9.78 Å². The number of carboxylic acids is 1. The fourth-order valence-electron chi connectivity index (χ4n) is 2.15.